The second-order valence-electron chi connectivity index (χ2n) is 4.95. The van der Waals surface area contributed by atoms with Crippen LogP contribution in [-0.4, -0.2) is 29.7 Å². The van der Waals surface area contributed by atoms with Gasteiger partial charge in [-0.15, -0.1) is 0 Å². The Morgan fingerprint density at radius 3 is 2.70 bits per heavy atom. The molecule has 1 aromatic heterocycles. The number of aliphatic carboxylic acids is 1. The number of hydrogen-bond acceptors (Lipinski definition) is 3. The van der Waals surface area contributed by atoms with Crippen molar-refractivity contribution in [2.75, 3.05) is 6.54 Å². The minimum atomic E-state index is -0.848. The first-order chi connectivity index (χ1) is 9.49. The Morgan fingerprint density at radius 1 is 1.35 bits per heavy atom. The van der Waals surface area contributed by atoms with Gasteiger partial charge >= 0.3 is 12.0 Å². The molecule has 6 nitrogen and oxygen atoms in total. The zero-order valence-corrected chi connectivity index (χ0v) is 11.9. The second-order valence-corrected chi connectivity index (χ2v) is 4.95. The number of carboxylic acid groups (broad SMARTS) is 1. The molecule has 0 radical (unpaired) electrons. The summed E-state index contributed by atoms with van der Waals surface area (Å²) in [6.45, 7) is 3.89. The van der Waals surface area contributed by atoms with Crippen molar-refractivity contribution in [3.63, 3.8) is 0 Å². The van der Waals surface area contributed by atoms with Crippen molar-refractivity contribution in [2.45, 2.75) is 39.2 Å². The number of aryl methyl sites for hydroxylation is 1. The third kappa shape index (κ3) is 6.26. The molecule has 0 saturated heterocycles. The SMILES string of the molecule is CC(CCc1ccco1)NC(=O)NCCC(C)C(=O)O. The van der Waals surface area contributed by atoms with Gasteiger partial charge in [-0.2, -0.15) is 0 Å². The predicted octanol–water partition coefficient (Wildman–Crippen LogP) is 2.01. The topological polar surface area (TPSA) is 91.6 Å². The Kier molecular flexibility index (Phi) is 6.63. The van der Waals surface area contributed by atoms with Crippen LogP contribution in [0.4, 0.5) is 4.79 Å². The molecule has 0 aromatic carbocycles. The van der Waals surface area contributed by atoms with Crippen LogP contribution < -0.4 is 10.6 Å². The summed E-state index contributed by atoms with van der Waals surface area (Å²) < 4.78 is 5.22. The molecular formula is C14H22N2O4. The minimum absolute atomic E-state index is 0.0250. The third-order valence-electron chi connectivity index (χ3n) is 3.07. The second kappa shape index (κ2) is 8.24. The zero-order valence-electron chi connectivity index (χ0n) is 11.9. The summed E-state index contributed by atoms with van der Waals surface area (Å²) in [5.74, 6) is -0.403. The fourth-order valence-electron chi connectivity index (χ4n) is 1.69. The van der Waals surface area contributed by atoms with E-state index in [2.05, 4.69) is 10.6 Å². The molecule has 0 spiro atoms. The van der Waals surface area contributed by atoms with Gasteiger partial charge in [0.25, 0.3) is 0 Å². The van der Waals surface area contributed by atoms with Crippen LogP contribution in [0.2, 0.25) is 0 Å². The Labute approximate surface area is 118 Å². The van der Waals surface area contributed by atoms with Crippen LogP contribution >= 0.6 is 0 Å². The Hall–Kier alpha value is -1.98. The average Bonchev–Trinajstić information content (AvgIpc) is 2.89. The summed E-state index contributed by atoms with van der Waals surface area (Å²) in [6, 6.07) is 3.50. The first-order valence-corrected chi connectivity index (χ1v) is 6.78. The van der Waals surface area contributed by atoms with E-state index >= 15 is 0 Å². The fourth-order valence-corrected chi connectivity index (χ4v) is 1.69. The van der Waals surface area contributed by atoms with Gasteiger partial charge in [-0.3, -0.25) is 4.79 Å². The van der Waals surface area contributed by atoms with E-state index in [0.717, 1.165) is 18.6 Å². The third-order valence-corrected chi connectivity index (χ3v) is 3.07. The molecule has 0 aliphatic carbocycles. The molecule has 1 rings (SSSR count). The van der Waals surface area contributed by atoms with Crippen molar-refractivity contribution in [1.29, 1.82) is 0 Å². The van der Waals surface area contributed by atoms with E-state index in [0.29, 0.717) is 13.0 Å². The number of urea groups is 1. The highest BCUT2D eigenvalue weighted by molar-refractivity contribution is 5.74. The lowest BCUT2D eigenvalue weighted by atomic mass is 10.1. The monoisotopic (exact) mass is 282 g/mol. The van der Waals surface area contributed by atoms with Gasteiger partial charge in [0.2, 0.25) is 0 Å². The highest BCUT2D eigenvalue weighted by Crippen LogP contribution is 2.05. The molecule has 1 aromatic rings. The van der Waals surface area contributed by atoms with Crippen molar-refractivity contribution in [3.05, 3.63) is 24.2 Å². The molecule has 2 unspecified atom stereocenters. The zero-order chi connectivity index (χ0) is 15.0. The maximum atomic E-state index is 11.6. The average molecular weight is 282 g/mol. The summed E-state index contributed by atoms with van der Waals surface area (Å²) in [4.78, 5) is 22.2. The number of carboxylic acids is 1. The molecule has 20 heavy (non-hydrogen) atoms. The van der Waals surface area contributed by atoms with Crippen LogP contribution in [0.3, 0.4) is 0 Å². The summed E-state index contributed by atoms with van der Waals surface area (Å²) in [7, 11) is 0. The quantitative estimate of drug-likeness (QED) is 0.680. The largest absolute Gasteiger partial charge is 0.481 e. The summed E-state index contributed by atoms with van der Waals surface area (Å²) >= 11 is 0. The van der Waals surface area contributed by atoms with E-state index in [-0.39, 0.29) is 12.1 Å². The molecule has 0 fully saturated rings. The van der Waals surface area contributed by atoms with E-state index in [1.165, 1.54) is 0 Å². The maximum Gasteiger partial charge on any atom is 0.314 e. The highest BCUT2D eigenvalue weighted by atomic mass is 16.4. The van der Waals surface area contributed by atoms with Gasteiger partial charge in [-0.25, -0.2) is 4.79 Å². The smallest absolute Gasteiger partial charge is 0.314 e. The summed E-state index contributed by atoms with van der Waals surface area (Å²) in [6.07, 6.45) is 3.60. The van der Waals surface area contributed by atoms with E-state index in [1.807, 2.05) is 19.1 Å². The number of rotatable bonds is 8. The highest BCUT2D eigenvalue weighted by Gasteiger charge is 2.12. The number of carbonyl (C=O) groups excluding carboxylic acids is 1. The van der Waals surface area contributed by atoms with Crippen molar-refractivity contribution in [1.82, 2.24) is 10.6 Å². The van der Waals surface area contributed by atoms with Crippen LogP contribution in [0.5, 0.6) is 0 Å². The van der Waals surface area contributed by atoms with Crippen LogP contribution in [0.1, 0.15) is 32.4 Å². The lowest BCUT2D eigenvalue weighted by Gasteiger charge is -2.14. The summed E-state index contributed by atoms with van der Waals surface area (Å²) in [5.41, 5.74) is 0. The van der Waals surface area contributed by atoms with Crippen LogP contribution in [0, 0.1) is 5.92 Å². The van der Waals surface area contributed by atoms with Crippen molar-refractivity contribution >= 4 is 12.0 Å². The Bertz CT molecular complexity index is 417. The van der Waals surface area contributed by atoms with Gasteiger partial charge in [0, 0.05) is 19.0 Å². The maximum absolute atomic E-state index is 11.6. The van der Waals surface area contributed by atoms with Crippen molar-refractivity contribution < 1.29 is 19.1 Å². The molecule has 0 saturated carbocycles. The normalized spacial score (nSPS) is 13.5. The fraction of sp³-hybridized carbons (Fsp3) is 0.571. The van der Waals surface area contributed by atoms with E-state index < -0.39 is 11.9 Å². The first-order valence-electron chi connectivity index (χ1n) is 6.78. The van der Waals surface area contributed by atoms with Gasteiger partial charge in [0.15, 0.2) is 0 Å². The number of nitrogens with one attached hydrogen (secondary N) is 2. The van der Waals surface area contributed by atoms with E-state index in [4.69, 9.17) is 9.52 Å². The molecule has 1 heterocycles. The van der Waals surface area contributed by atoms with Gasteiger partial charge in [-0.05, 0) is 31.9 Å². The summed E-state index contributed by atoms with van der Waals surface area (Å²) in [5, 5.41) is 14.2. The molecular weight excluding hydrogens is 260 g/mol. The van der Waals surface area contributed by atoms with E-state index in [1.54, 1.807) is 13.2 Å². The van der Waals surface area contributed by atoms with Crippen molar-refractivity contribution in [3.8, 4) is 0 Å². The van der Waals surface area contributed by atoms with Gasteiger partial charge in [0.05, 0.1) is 12.2 Å². The standard InChI is InChI=1S/C14H22N2O4/c1-10(13(17)18)7-8-15-14(19)16-11(2)5-6-12-4-3-9-20-12/h3-4,9-11H,5-8H2,1-2H3,(H,17,18)(H2,15,16,19). The molecule has 0 bridgehead atoms. The number of furan rings is 1. The Morgan fingerprint density at radius 2 is 2.10 bits per heavy atom. The first kappa shape index (κ1) is 16.1. The predicted molar refractivity (Wildman–Crippen MR) is 74.4 cm³/mol. The van der Waals surface area contributed by atoms with Crippen LogP contribution in [0.15, 0.2) is 22.8 Å². The molecule has 6 heteroatoms. The van der Waals surface area contributed by atoms with Gasteiger partial charge in [0.1, 0.15) is 5.76 Å². The molecule has 3 N–H and O–H groups in total. The molecule has 2 atom stereocenters. The van der Waals surface area contributed by atoms with Crippen molar-refractivity contribution in [2.24, 2.45) is 5.92 Å². The molecule has 2 amide bonds. The molecule has 112 valence electrons. The van der Waals surface area contributed by atoms with Crippen LogP contribution in [0.25, 0.3) is 0 Å². The number of carbonyl (C=O) groups is 2. The minimum Gasteiger partial charge on any atom is -0.481 e. The Balaban J connectivity index is 2.13. The number of hydrogen-bond donors (Lipinski definition) is 3. The van der Waals surface area contributed by atoms with E-state index in [9.17, 15) is 9.59 Å². The molecule has 0 aliphatic rings. The van der Waals surface area contributed by atoms with Gasteiger partial charge < -0.3 is 20.2 Å². The lowest BCUT2D eigenvalue weighted by Crippen LogP contribution is -2.41. The molecule has 0 aliphatic heterocycles. The van der Waals surface area contributed by atoms with Crippen LogP contribution in [-0.2, 0) is 11.2 Å². The van der Waals surface area contributed by atoms with Gasteiger partial charge in [-0.1, -0.05) is 6.92 Å². The lowest BCUT2D eigenvalue weighted by molar-refractivity contribution is -0.141. The number of amides is 2.